The molecular weight excluding hydrogens is 288 g/mol. The average molecular weight is 310 g/mol. The van der Waals surface area contributed by atoms with Crippen LogP contribution in [0.4, 0.5) is 0 Å². The van der Waals surface area contributed by atoms with Gasteiger partial charge < -0.3 is 11.1 Å². The molecule has 2 aromatic rings. The first-order valence-corrected chi connectivity index (χ1v) is 7.86. The van der Waals surface area contributed by atoms with E-state index in [0.29, 0.717) is 18.5 Å². The van der Waals surface area contributed by atoms with Crippen molar-refractivity contribution in [1.82, 2.24) is 14.5 Å². The first kappa shape index (κ1) is 15.9. The van der Waals surface area contributed by atoms with Gasteiger partial charge in [-0.2, -0.15) is 0 Å². The van der Waals surface area contributed by atoms with Gasteiger partial charge in [0.05, 0.1) is 5.39 Å². The van der Waals surface area contributed by atoms with Gasteiger partial charge in [-0.25, -0.2) is 4.79 Å². The maximum absolute atomic E-state index is 12.6. The van der Waals surface area contributed by atoms with E-state index in [0.717, 1.165) is 21.8 Å². The highest BCUT2D eigenvalue weighted by Gasteiger charge is 2.19. The van der Waals surface area contributed by atoms with Gasteiger partial charge in [-0.15, -0.1) is 11.3 Å². The lowest BCUT2D eigenvalue weighted by atomic mass is 10.2. The molecule has 116 valence electrons. The minimum Gasteiger partial charge on any atom is -0.329 e. The van der Waals surface area contributed by atoms with E-state index in [1.807, 2.05) is 20.8 Å². The summed E-state index contributed by atoms with van der Waals surface area (Å²) in [6.07, 6.45) is 0. The summed E-state index contributed by atoms with van der Waals surface area (Å²) < 4.78 is 2.89. The van der Waals surface area contributed by atoms with Crippen LogP contribution in [0.15, 0.2) is 9.59 Å². The second-order valence-electron chi connectivity index (χ2n) is 5.41. The molecule has 2 aromatic heterocycles. The van der Waals surface area contributed by atoms with Crippen molar-refractivity contribution in [3.05, 3.63) is 31.3 Å². The largest absolute Gasteiger partial charge is 0.332 e. The third-order valence-electron chi connectivity index (χ3n) is 3.58. The quantitative estimate of drug-likeness (QED) is 0.797. The van der Waals surface area contributed by atoms with Crippen LogP contribution < -0.4 is 22.3 Å². The zero-order chi connectivity index (χ0) is 15.7. The van der Waals surface area contributed by atoms with E-state index in [-0.39, 0.29) is 17.3 Å². The van der Waals surface area contributed by atoms with Gasteiger partial charge in [0.2, 0.25) is 0 Å². The molecule has 21 heavy (non-hydrogen) atoms. The van der Waals surface area contributed by atoms with E-state index >= 15 is 0 Å². The second kappa shape index (κ2) is 6.13. The molecule has 0 saturated carbocycles. The number of fused-ring (bicyclic) bond motifs is 1. The van der Waals surface area contributed by atoms with Crippen LogP contribution in [0.2, 0.25) is 0 Å². The molecule has 3 N–H and O–H groups in total. The monoisotopic (exact) mass is 310 g/mol. The second-order valence-corrected chi connectivity index (χ2v) is 6.49. The average Bonchev–Trinajstić information content (AvgIpc) is 2.74. The lowest BCUT2D eigenvalue weighted by Gasteiger charge is -2.11. The summed E-state index contributed by atoms with van der Waals surface area (Å²) in [6.45, 7) is 7.60. The molecule has 0 amide bonds. The molecule has 0 saturated heterocycles. The number of nitrogens with zero attached hydrogens (tertiary/aromatic N) is 2. The van der Waals surface area contributed by atoms with Crippen molar-refractivity contribution in [3.8, 4) is 0 Å². The Morgan fingerprint density at radius 3 is 2.57 bits per heavy atom. The van der Waals surface area contributed by atoms with Gasteiger partial charge in [0.15, 0.2) is 0 Å². The van der Waals surface area contributed by atoms with Crippen molar-refractivity contribution >= 4 is 21.6 Å². The summed E-state index contributed by atoms with van der Waals surface area (Å²) in [4.78, 5) is 26.8. The Balaban J connectivity index is 2.69. The highest BCUT2D eigenvalue weighted by molar-refractivity contribution is 7.18. The van der Waals surface area contributed by atoms with Gasteiger partial charge in [-0.05, 0) is 26.3 Å². The Bertz CT molecular complexity index is 770. The standard InChI is InChI=1S/C14H22N4O2S/c1-8(2)18-12(19)11-9(3)10(7-16-6-5-15)21-13(11)17(4)14(18)20/h8,16H,5-7,15H2,1-4H3. The fourth-order valence-corrected chi connectivity index (χ4v) is 3.64. The molecule has 0 aliphatic heterocycles. The molecule has 7 heteroatoms. The molecule has 0 aliphatic rings. The number of hydrogen-bond donors (Lipinski definition) is 2. The van der Waals surface area contributed by atoms with Crippen LogP contribution in [-0.2, 0) is 13.6 Å². The highest BCUT2D eigenvalue weighted by atomic mass is 32.1. The number of rotatable bonds is 5. The minimum absolute atomic E-state index is 0.154. The summed E-state index contributed by atoms with van der Waals surface area (Å²) in [6, 6.07) is -0.154. The minimum atomic E-state index is -0.259. The van der Waals surface area contributed by atoms with E-state index in [9.17, 15) is 9.59 Å². The van der Waals surface area contributed by atoms with Crippen LogP contribution in [0, 0.1) is 6.92 Å². The first-order valence-electron chi connectivity index (χ1n) is 7.04. The van der Waals surface area contributed by atoms with Crippen LogP contribution >= 0.6 is 11.3 Å². The number of aromatic nitrogens is 2. The SMILES string of the molecule is Cc1c(CNCCN)sc2c1c(=O)n(C(C)C)c(=O)n2C. The van der Waals surface area contributed by atoms with Crippen LogP contribution in [0.3, 0.4) is 0 Å². The van der Waals surface area contributed by atoms with Crippen molar-refractivity contribution < 1.29 is 0 Å². The van der Waals surface area contributed by atoms with Crippen LogP contribution in [0.25, 0.3) is 10.2 Å². The lowest BCUT2D eigenvalue weighted by molar-refractivity contribution is 0.533. The zero-order valence-corrected chi connectivity index (χ0v) is 13.7. The van der Waals surface area contributed by atoms with Gasteiger partial charge in [-0.1, -0.05) is 0 Å². The van der Waals surface area contributed by atoms with Crippen LogP contribution in [0.1, 0.15) is 30.3 Å². The molecule has 0 radical (unpaired) electrons. The van der Waals surface area contributed by atoms with Gasteiger partial charge in [0, 0.05) is 37.6 Å². The summed E-state index contributed by atoms with van der Waals surface area (Å²) >= 11 is 1.50. The number of nitrogens with two attached hydrogens (primary N) is 1. The molecule has 0 bridgehead atoms. The Hall–Kier alpha value is -1.44. The molecule has 2 rings (SSSR count). The maximum atomic E-state index is 12.6. The van der Waals surface area contributed by atoms with E-state index in [2.05, 4.69) is 5.32 Å². The Labute approximate surface area is 127 Å². The summed E-state index contributed by atoms with van der Waals surface area (Å²) in [5.74, 6) is 0. The number of nitrogens with one attached hydrogen (secondary N) is 1. The molecule has 6 nitrogen and oxygen atoms in total. The third kappa shape index (κ3) is 2.68. The van der Waals surface area contributed by atoms with Crippen molar-refractivity contribution in [2.24, 2.45) is 12.8 Å². The molecule has 0 spiro atoms. The van der Waals surface area contributed by atoms with Gasteiger partial charge in [0.1, 0.15) is 4.83 Å². The smallest absolute Gasteiger partial charge is 0.329 e. The molecule has 0 unspecified atom stereocenters. The van der Waals surface area contributed by atoms with E-state index in [1.165, 1.54) is 15.9 Å². The Morgan fingerprint density at radius 1 is 1.33 bits per heavy atom. The van der Waals surface area contributed by atoms with E-state index in [4.69, 9.17) is 5.73 Å². The van der Waals surface area contributed by atoms with Gasteiger partial charge in [-0.3, -0.25) is 13.9 Å². The highest BCUT2D eigenvalue weighted by Crippen LogP contribution is 2.27. The van der Waals surface area contributed by atoms with Gasteiger partial charge >= 0.3 is 5.69 Å². The molecule has 0 atom stereocenters. The summed E-state index contributed by atoms with van der Waals surface area (Å²) in [5.41, 5.74) is 5.97. The maximum Gasteiger partial charge on any atom is 0.332 e. The molecule has 0 aromatic carbocycles. The fourth-order valence-electron chi connectivity index (χ4n) is 2.42. The molecule has 0 fully saturated rings. The summed E-state index contributed by atoms with van der Waals surface area (Å²) in [7, 11) is 1.72. The Kier molecular flexibility index (Phi) is 4.65. The molecule has 2 heterocycles. The number of aryl methyl sites for hydroxylation is 2. The Morgan fingerprint density at radius 2 is 2.00 bits per heavy atom. The number of thiophene rings is 1. The third-order valence-corrected chi connectivity index (χ3v) is 4.95. The van der Waals surface area contributed by atoms with Crippen molar-refractivity contribution in [3.63, 3.8) is 0 Å². The zero-order valence-electron chi connectivity index (χ0n) is 12.9. The van der Waals surface area contributed by atoms with E-state index in [1.54, 1.807) is 11.6 Å². The predicted octanol–water partition coefficient (Wildman–Crippen LogP) is 0.699. The molecular formula is C14H22N4O2S. The summed E-state index contributed by atoms with van der Waals surface area (Å²) in [5, 5.41) is 3.89. The number of hydrogen-bond acceptors (Lipinski definition) is 5. The van der Waals surface area contributed by atoms with Gasteiger partial charge in [0.25, 0.3) is 5.56 Å². The van der Waals surface area contributed by atoms with E-state index < -0.39 is 0 Å². The first-order chi connectivity index (χ1) is 9.90. The fraction of sp³-hybridized carbons (Fsp3) is 0.571. The lowest BCUT2D eigenvalue weighted by Crippen LogP contribution is -2.39. The predicted molar refractivity (Wildman–Crippen MR) is 87.2 cm³/mol. The van der Waals surface area contributed by atoms with Crippen molar-refractivity contribution in [1.29, 1.82) is 0 Å². The topological polar surface area (TPSA) is 82.1 Å². The van der Waals surface area contributed by atoms with Crippen LogP contribution in [-0.4, -0.2) is 22.2 Å². The normalized spacial score (nSPS) is 11.7. The van der Waals surface area contributed by atoms with Crippen molar-refractivity contribution in [2.45, 2.75) is 33.4 Å². The van der Waals surface area contributed by atoms with Crippen LogP contribution in [0.5, 0.6) is 0 Å². The molecule has 0 aliphatic carbocycles. The van der Waals surface area contributed by atoms with Crippen molar-refractivity contribution in [2.75, 3.05) is 13.1 Å².